The van der Waals surface area contributed by atoms with Gasteiger partial charge >= 0.3 is 0 Å². The zero-order chi connectivity index (χ0) is 22.7. The molecule has 0 spiro atoms. The van der Waals surface area contributed by atoms with E-state index in [-0.39, 0.29) is 24.2 Å². The van der Waals surface area contributed by atoms with Gasteiger partial charge in [-0.1, -0.05) is 37.3 Å². The molecule has 0 aliphatic carbocycles. The molecule has 1 atom stereocenters. The van der Waals surface area contributed by atoms with Crippen LogP contribution in [0.1, 0.15) is 30.5 Å². The van der Waals surface area contributed by atoms with E-state index in [0.29, 0.717) is 12.1 Å². The molecule has 0 bridgehead atoms. The second kappa shape index (κ2) is 12.3. The lowest BCUT2D eigenvalue weighted by molar-refractivity contribution is -0.128. The Labute approximate surface area is 174 Å². The smallest absolute Gasteiger partial charge is 0.242 e. The van der Waals surface area contributed by atoms with Crippen LogP contribution in [0.25, 0.3) is 0 Å². The number of halogens is 2. The Bertz CT molecular complexity index is 872. The minimum atomic E-state index is -0.780. The summed E-state index contributed by atoms with van der Waals surface area (Å²) < 4.78 is 24.7. The molecule has 7 N–H and O–H groups in total. The monoisotopic (exact) mass is 419 g/mol. The fourth-order valence-electron chi connectivity index (χ4n) is 2.27. The van der Waals surface area contributed by atoms with Crippen LogP contribution in [0.5, 0.6) is 0 Å². The second-order valence-electron chi connectivity index (χ2n) is 6.42. The molecule has 2 amide bonds. The van der Waals surface area contributed by atoms with Gasteiger partial charge in [-0.05, 0) is 36.6 Å². The van der Waals surface area contributed by atoms with Crippen molar-refractivity contribution in [1.82, 2.24) is 10.6 Å². The number of nitrogen functional groups attached to an aromatic ring is 1. The fraction of sp³-hybridized carbons (Fsp3) is 0.286. The molecule has 30 heavy (non-hydrogen) atoms. The van der Waals surface area contributed by atoms with Crippen LogP contribution in [0.15, 0.2) is 42.5 Å². The summed E-state index contributed by atoms with van der Waals surface area (Å²) >= 11 is 0. The molecule has 0 aliphatic heterocycles. The number of amides is 2. The Morgan fingerprint density at radius 3 is 2.17 bits per heavy atom. The molecule has 162 valence electrons. The van der Waals surface area contributed by atoms with Gasteiger partial charge in [-0.25, -0.2) is 8.78 Å². The quantitative estimate of drug-likeness (QED) is 0.344. The first-order valence-corrected chi connectivity index (χ1v) is 9.32. The molecular formula is C21H27F2N5O2. The first-order valence-electron chi connectivity index (χ1n) is 9.32. The molecule has 2 aromatic rings. The van der Waals surface area contributed by atoms with E-state index >= 15 is 0 Å². The van der Waals surface area contributed by atoms with Crippen molar-refractivity contribution >= 4 is 17.6 Å². The standard InChI is InChI=1S/C13H19N5O2.C8H8F2/c1-8(18-11(19)6-14)13(20)17-7-9-2-4-10(5-3-9)12(15)16;1-2-6-3-4-7(9)8(10)5-6/h2-5,8H,6-7,14H2,1H3,(H3,15,16)(H,17,20)(H,18,19);3-5H,2H2,1H3. The van der Waals surface area contributed by atoms with Crippen LogP contribution in [0.4, 0.5) is 8.78 Å². The van der Waals surface area contributed by atoms with Gasteiger partial charge in [0.1, 0.15) is 11.9 Å². The molecule has 0 saturated carbocycles. The van der Waals surface area contributed by atoms with Crippen LogP contribution in [-0.2, 0) is 22.6 Å². The molecule has 9 heteroatoms. The summed E-state index contributed by atoms with van der Waals surface area (Å²) in [4.78, 5) is 22.8. The van der Waals surface area contributed by atoms with Gasteiger partial charge in [0.2, 0.25) is 11.8 Å². The number of amidine groups is 1. The minimum Gasteiger partial charge on any atom is -0.384 e. The minimum absolute atomic E-state index is 0.00120. The summed E-state index contributed by atoms with van der Waals surface area (Å²) in [5.74, 6) is -2.21. The molecule has 7 nitrogen and oxygen atoms in total. The Balaban J connectivity index is 0.000000375. The maximum Gasteiger partial charge on any atom is 0.242 e. The Morgan fingerprint density at radius 2 is 1.67 bits per heavy atom. The lowest BCUT2D eigenvalue weighted by Crippen LogP contribution is -2.46. The number of nitrogens with two attached hydrogens (primary N) is 2. The number of aryl methyl sites for hydroxylation is 1. The highest BCUT2D eigenvalue weighted by atomic mass is 19.2. The molecule has 0 radical (unpaired) electrons. The van der Waals surface area contributed by atoms with Gasteiger partial charge in [0.25, 0.3) is 0 Å². The highest BCUT2D eigenvalue weighted by Crippen LogP contribution is 2.08. The van der Waals surface area contributed by atoms with Crippen LogP contribution in [0.2, 0.25) is 0 Å². The summed E-state index contributed by atoms with van der Waals surface area (Å²) in [6.07, 6.45) is 0.733. The second-order valence-corrected chi connectivity index (χ2v) is 6.42. The first kappa shape index (κ1) is 24.7. The van der Waals surface area contributed by atoms with Crippen LogP contribution in [0.3, 0.4) is 0 Å². The average Bonchev–Trinajstić information content (AvgIpc) is 2.74. The van der Waals surface area contributed by atoms with Crippen molar-refractivity contribution in [1.29, 1.82) is 5.41 Å². The van der Waals surface area contributed by atoms with E-state index in [1.165, 1.54) is 6.07 Å². The number of carbonyl (C=O) groups is 2. The van der Waals surface area contributed by atoms with Crippen molar-refractivity contribution in [3.8, 4) is 0 Å². The van der Waals surface area contributed by atoms with Crippen LogP contribution in [-0.4, -0.2) is 30.2 Å². The third-order valence-electron chi connectivity index (χ3n) is 4.08. The Hall–Kier alpha value is -3.33. The third-order valence-corrected chi connectivity index (χ3v) is 4.08. The lowest BCUT2D eigenvalue weighted by atomic mass is 10.1. The molecule has 2 rings (SSSR count). The highest BCUT2D eigenvalue weighted by molar-refractivity contribution is 5.94. The molecular weight excluding hydrogens is 392 g/mol. The number of rotatable bonds is 7. The van der Waals surface area contributed by atoms with E-state index in [0.717, 1.165) is 23.6 Å². The van der Waals surface area contributed by atoms with Crippen molar-refractivity contribution in [2.75, 3.05) is 6.54 Å². The molecule has 2 aromatic carbocycles. The van der Waals surface area contributed by atoms with Crippen molar-refractivity contribution in [3.05, 3.63) is 70.8 Å². The number of hydrogen-bond donors (Lipinski definition) is 5. The molecule has 0 aromatic heterocycles. The zero-order valence-corrected chi connectivity index (χ0v) is 17.0. The SMILES string of the molecule is CC(NC(=O)CN)C(=O)NCc1ccc(C(=N)N)cc1.CCc1ccc(F)c(F)c1. The van der Waals surface area contributed by atoms with E-state index < -0.39 is 17.7 Å². The van der Waals surface area contributed by atoms with E-state index in [2.05, 4.69) is 10.6 Å². The van der Waals surface area contributed by atoms with Crippen molar-refractivity contribution in [2.24, 2.45) is 11.5 Å². The number of hydrogen-bond acceptors (Lipinski definition) is 4. The van der Waals surface area contributed by atoms with Gasteiger partial charge in [0.05, 0.1) is 6.54 Å². The van der Waals surface area contributed by atoms with Gasteiger partial charge in [-0.15, -0.1) is 0 Å². The predicted molar refractivity (Wildman–Crippen MR) is 112 cm³/mol. The predicted octanol–water partition coefficient (Wildman–Crippen LogP) is 1.58. The van der Waals surface area contributed by atoms with E-state index in [1.807, 2.05) is 6.92 Å². The maximum atomic E-state index is 12.4. The van der Waals surface area contributed by atoms with Gasteiger partial charge in [-0.3, -0.25) is 15.0 Å². The highest BCUT2D eigenvalue weighted by Gasteiger charge is 2.14. The summed E-state index contributed by atoms with van der Waals surface area (Å²) in [6.45, 7) is 3.67. The molecule has 0 saturated heterocycles. The van der Waals surface area contributed by atoms with Crippen molar-refractivity contribution in [3.63, 3.8) is 0 Å². The molecule has 1 unspecified atom stereocenters. The first-order chi connectivity index (χ1) is 14.2. The Morgan fingerprint density at radius 1 is 1.07 bits per heavy atom. The topological polar surface area (TPSA) is 134 Å². The van der Waals surface area contributed by atoms with E-state index in [9.17, 15) is 18.4 Å². The number of nitrogens with one attached hydrogen (secondary N) is 3. The van der Waals surface area contributed by atoms with Gasteiger partial charge in [0.15, 0.2) is 11.6 Å². The summed E-state index contributed by atoms with van der Waals surface area (Å²) in [6, 6.07) is 10.3. The van der Waals surface area contributed by atoms with Gasteiger partial charge in [-0.2, -0.15) is 0 Å². The van der Waals surface area contributed by atoms with Gasteiger partial charge < -0.3 is 22.1 Å². The largest absolute Gasteiger partial charge is 0.384 e. The van der Waals surface area contributed by atoms with E-state index in [4.69, 9.17) is 16.9 Å². The van der Waals surface area contributed by atoms with E-state index in [1.54, 1.807) is 37.3 Å². The molecule has 0 fully saturated rings. The van der Waals surface area contributed by atoms with Crippen molar-refractivity contribution < 1.29 is 18.4 Å². The van der Waals surface area contributed by atoms with Gasteiger partial charge in [0, 0.05) is 12.1 Å². The van der Waals surface area contributed by atoms with Crippen molar-refractivity contribution in [2.45, 2.75) is 32.9 Å². The zero-order valence-electron chi connectivity index (χ0n) is 17.0. The van der Waals surface area contributed by atoms with Crippen LogP contribution >= 0.6 is 0 Å². The molecule has 0 heterocycles. The van der Waals surface area contributed by atoms with Crippen LogP contribution in [0, 0.1) is 17.0 Å². The molecule has 0 aliphatic rings. The Kier molecular flexibility index (Phi) is 10.1. The summed E-state index contributed by atoms with van der Waals surface area (Å²) in [7, 11) is 0. The number of benzene rings is 2. The third kappa shape index (κ3) is 8.36. The normalized spacial score (nSPS) is 11.0. The lowest BCUT2D eigenvalue weighted by Gasteiger charge is -2.13. The fourth-order valence-corrected chi connectivity index (χ4v) is 2.27. The number of carbonyl (C=O) groups excluding carboxylic acids is 2. The maximum absolute atomic E-state index is 12.4. The summed E-state index contributed by atoms with van der Waals surface area (Å²) in [5.41, 5.74) is 12.8. The average molecular weight is 419 g/mol. The summed E-state index contributed by atoms with van der Waals surface area (Å²) in [5, 5.41) is 12.4. The van der Waals surface area contributed by atoms with Crippen LogP contribution < -0.4 is 22.1 Å².